The molecule has 172 valence electrons. The lowest BCUT2D eigenvalue weighted by Crippen LogP contribution is -2.48. The topological polar surface area (TPSA) is 67.4 Å². The highest BCUT2D eigenvalue weighted by Gasteiger charge is 2.26. The lowest BCUT2D eigenvalue weighted by molar-refractivity contribution is -0.0334. The Balaban J connectivity index is 0.00000320. The van der Waals surface area contributed by atoms with Crippen LogP contribution in [0.3, 0.4) is 0 Å². The van der Waals surface area contributed by atoms with Crippen molar-refractivity contribution in [3.8, 4) is 0 Å². The Morgan fingerprint density at radius 1 is 1.33 bits per heavy atom. The molecular formula is C21H37IN4O3S. The number of rotatable bonds is 9. The molecule has 3 heterocycles. The minimum absolute atomic E-state index is 0. The van der Waals surface area contributed by atoms with Gasteiger partial charge < -0.3 is 24.8 Å². The number of guanidine groups is 1. The van der Waals surface area contributed by atoms with E-state index in [0.717, 1.165) is 77.8 Å². The molecule has 2 aliphatic rings. The molecule has 2 unspecified atom stereocenters. The molecule has 30 heavy (non-hydrogen) atoms. The van der Waals surface area contributed by atoms with Crippen LogP contribution in [0.2, 0.25) is 0 Å². The summed E-state index contributed by atoms with van der Waals surface area (Å²) in [6.07, 6.45) is 3.64. The molecule has 3 rings (SSSR count). The standard InChI is InChI=1S/C21H36N4O3S.HI/c1-17-16-25(9-13-27-17)19(20-5-3-14-29-20)15-24-21(22-2)23-8-4-10-28-18-6-11-26-12-7-18;/h3,5,14,17-19H,4,6-13,15-16H2,1-2H3,(H2,22,23,24);1H. The van der Waals surface area contributed by atoms with Crippen LogP contribution in [0.5, 0.6) is 0 Å². The number of hydrogen-bond donors (Lipinski definition) is 2. The van der Waals surface area contributed by atoms with Crippen LogP contribution in [-0.2, 0) is 14.2 Å². The van der Waals surface area contributed by atoms with Crippen molar-refractivity contribution in [2.45, 2.75) is 44.4 Å². The van der Waals surface area contributed by atoms with Gasteiger partial charge in [-0.1, -0.05) is 6.07 Å². The van der Waals surface area contributed by atoms with E-state index in [0.29, 0.717) is 12.1 Å². The summed E-state index contributed by atoms with van der Waals surface area (Å²) in [7, 11) is 1.82. The second-order valence-electron chi connectivity index (χ2n) is 7.62. The molecular weight excluding hydrogens is 515 g/mol. The zero-order valence-electron chi connectivity index (χ0n) is 18.2. The van der Waals surface area contributed by atoms with Gasteiger partial charge in [-0.15, -0.1) is 35.3 Å². The normalized spacial score (nSPS) is 22.3. The highest BCUT2D eigenvalue weighted by molar-refractivity contribution is 14.0. The van der Waals surface area contributed by atoms with Gasteiger partial charge in [0.15, 0.2) is 5.96 Å². The molecule has 2 aliphatic heterocycles. The quantitative estimate of drug-likeness (QED) is 0.213. The molecule has 9 heteroatoms. The number of aliphatic imine (C=N–C) groups is 1. The zero-order chi connectivity index (χ0) is 20.3. The zero-order valence-corrected chi connectivity index (χ0v) is 21.3. The average Bonchev–Trinajstić information content (AvgIpc) is 3.27. The van der Waals surface area contributed by atoms with Crippen LogP contribution in [0.1, 0.15) is 37.1 Å². The molecule has 0 saturated carbocycles. The third kappa shape index (κ3) is 8.58. The Hall–Kier alpha value is -0.460. The summed E-state index contributed by atoms with van der Waals surface area (Å²) in [4.78, 5) is 8.28. The predicted molar refractivity (Wildman–Crippen MR) is 133 cm³/mol. The third-order valence-electron chi connectivity index (χ3n) is 5.41. The molecule has 0 bridgehead atoms. The summed E-state index contributed by atoms with van der Waals surface area (Å²) in [5, 5.41) is 9.08. The van der Waals surface area contributed by atoms with Gasteiger partial charge in [0.1, 0.15) is 0 Å². The average molecular weight is 553 g/mol. The van der Waals surface area contributed by atoms with Crippen molar-refractivity contribution < 1.29 is 14.2 Å². The summed E-state index contributed by atoms with van der Waals surface area (Å²) in [5.41, 5.74) is 0. The van der Waals surface area contributed by atoms with Crippen molar-refractivity contribution in [2.75, 3.05) is 59.7 Å². The Morgan fingerprint density at radius 2 is 2.17 bits per heavy atom. The van der Waals surface area contributed by atoms with Crippen LogP contribution in [0.4, 0.5) is 0 Å². The molecule has 0 spiro atoms. The fourth-order valence-corrected chi connectivity index (χ4v) is 4.67. The van der Waals surface area contributed by atoms with Gasteiger partial charge in [0.05, 0.1) is 24.9 Å². The number of halogens is 1. The van der Waals surface area contributed by atoms with E-state index in [9.17, 15) is 0 Å². The molecule has 2 atom stereocenters. The number of hydrogen-bond acceptors (Lipinski definition) is 6. The Morgan fingerprint density at radius 3 is 2.87 bits per heavy atom. The Kier molecular flexibility index (Phi) is 12.5. The summed E-state index contributed by atoms with van der Waals surface area (Å²) >= 11 is 1.81. The molecule has 0 amide bonds. The summed E-state index contributed by atoms with van der Waals surface area (Å²) in [5.74, 6) is 0.846. The van der Waals surface area contributed by atoms with E-state index in [-0.39, 0.29) is 30.1 Å². The summed E-state index contributed by atoms with van der Waals surface area (Å²) < 4.78 is 17.0. The van der Waals surface area contributed by atoms with Gasteiger partial charge in [-0.25, -0.2) is 0 Å². The van der Waals surface area contributed by atoms with Crippen LogP contribution >= 0.6 is 35.3 Å². The second-order valence-corrected chi connectivity index (χ2v) is 8.60. The number of nitrogens with one attached hydrogen (secondary N) is 2. The van der Waals surface area contributed by atoms with Gasteiger partial charge >= 0.3 is 0 Å². The number of ether oxygens (including phenoxy) is 3. The Labute approximate surface area is 202 Å². The van der Waals surface area contributed by atoms with E-state index in [2.05, 4.69) is 45.0 Å². The van der Waals surface area contributed by atoms with Gasteiger partial charge in [-0.2, -0.15) is 0 Å². The molecule has 1 aromatic rings. The molecule has 1 aromatic heterocycles. The minimum atomic E-state index is 0. The highest BCUT2D eigenvalue weighted by atomic mass is 127. The summed E-state index contributed by atoms with van der Waals surface area (Å²) in [6, 6.07) is 4.68. The minimum Gasteiger partial charge on any atom is -0.381 e. The van der Waals surface area contributed by atoms with Crippen molar-refractivity contribution >= 4 is 41.3 Å². The lowest BCUT2D eigenvalue weighted by atomic mass is 10.1. The first-order chi connectivity index (χ1) is 14.3. The second kappa shape index (κ2) is 14.6. The molecule has 2 N–H and O–H groups in total. The van der Waals surface area contributed by atoms with Crippen LogP contribution in [0.15, 0.2) is 22.5 Å². The smallest absolute Gasteiger partial charge is 0.191 e. The molecule has 2 fully saturated rings. The summed E-state index contributed by atoms with van der Waals surface area (Å²) in [6.45, 7) is 8.96. The van der Waals surface area contributed by atoms with Crippen LogP contribution in [-0.4, -0.2) is 82.7 Å². The van der Waals surface area contributed by atoms with Crippen molar-refractivity contribution in [3.05, 3.63) is 22.4 Å². The van der Waals surface area contributed by atoms with E-state index in [4.69, 9.17) is 14.2 Å². The fourth-order valence-electron chi connectivity index (χ4n) is 3.80. The number of morpholine rings is 1. The van der Waals surface area contributed by atoms with Gasteiger partial charge in [0, 0.05) is 57.9 Å². The maximum absolute atomic E-state index is 5.94. The molecule has 2 saturated heterocycles. The van der Waals surface area contributed by atoms with E-state index in [1.54, 1.807) is 0 Å². The van der Waals surface area contributed by atoms with Crippen molar-refractivity contribution in [2.24, 2.45) is 4.99 Å². The maximum atomic E-state index is 5.94. The van der Waals surface area contributed by atoms with E-state index < -0.39 is 0 Å². The molecule has 0 aliphatic carbocycles. The first kappa shape index (κ1) is 25.8. The lowest BCUT2D eigenvalue weighted by Gasteiger charge is -2.37. The SMILES string of the molecule is CN=C(NCCCOC1CCOCC1)NCC(c1cccs1)N1CCOC(C)C1.I. The first-order valence-electron chi connectivity index (χ1n) is 10.8. The molecule has 7 nitrogen and oxygen atoms in total. The van der Waals surface area contributed by atoms with E-state index in [1.165, 1.54) is 4.88 Å². The molecule has 0 radical (unpaired) electrons. The third-order valence-corrected chi connectivity index (χ3v) is 6.38. The van der Waals surface area contributed by atoms with E-state index in [1.807, 2.05) is 18.4 Å². The highest BCUT2D eigenvalue weighted by Crippen LogP contribution is 2.26. The van der Waals surface area contributed by atoms with Crippen LogP contribution in [0, 0.1) is 0 Å². The van der Waals surface area contributed by atoms with Crippen LogP contribution in [0.25, 0.3) is 0 Å². The number of nitrogens with zero attached hydrogens (tertiary/aromatic N) is 2. The number of thiophene rings is 1. The molecule has 0 aromatic carbocycles. The fraction of sp³-hybridized carbons (Fsp3) is 0.762. The van der Waals surface area contributed by atoms with Gasteiger partial charge in [0.2, 0.25) is 0 Å². The monoisotopic (exact) mass is 552 g/mol. The van der Waals surface area contributed by atoms with Gasteiger partial charge in [0.25, 0.3) is 0 Å². The van der Waals surface area contributed by atoms with Crippen molar-refractivity contribution in [1.29, 1.82) is 0 Å². The largest absolute Gasteiger partial charge is 0.381 e. The van der Waals surface area contributed by atoms with Gasteiger partial charge in [-0.05, 0) is 37.6 Å². The predicted octanol–water partition coefficient (Wildman–Crippen LogP) is 2.88. The van der Waals surface area contributed by atoms with E-state index >= 15 is 0 Å². The first-order valence-corrected chi connectivity index (χ1v) is 11.7. The van der Waals surface area contributed by atoms with Crippen molar-refractivity contribution in [1.82, 2.24) is 15.5 Å². The maximum Gasteiger partial charge on any atom is 0.191 e. The Bertz CT molecular complexity index is 599. The van der Waals surface area contributed by atoms with Crippen LogP contribution < -0.4 is 10.6 Å². The van der Waals surface area contributed by atoms with Crippen molar-refractivity contribution in [3.63, 3.8) is 0 Å². The van der Waals surface area contributed by atoms with Gasteiger partial charge in [-0.3, -0.25) is 9.89 Å².